The van der Waals surface area contributed by atoms with Gasteiger partial charge in [0.15, 0.2) is 0 Å². The van der Waals surface area contributed by atoms with E-state index in [1.807, 2.05) is 0 Å². The summed E-state index contributed by atoms with van der Waals surface area (Å²) >= 11 is 5.73. The fourth-order valence-electron chi connectivity index (χ4n) is 2.73. The lowest BCUT2D eigenvalue weighted by Crippen LogP contribution is -2.43. The van der Waals surface area contributed by atoms with E-state index < -0.39 is 0 Å². The van der Waals surface area contributed by atoms with E-state index in [2.05, 4.69) is 14.9 Å². The van der Waals surface area contributed by atoms with Crippen molar-refractivity contribution in [2.75, 3.05) is 19.7 Å². The van der Waals surface area contributed by atoms with Crippen LogP contribution in [-0.4, -0.2) is 40.6 Å². The Hall–Kier alpha value is -0.910. The molecule has 0 saturated carbocycles. The largest absolute Gasteiger partial charge is 0.367 e. The van der Waals surface area contributed by atoms with Gasteiger partial charge in [-0.25, -0.2) is 4.98 Å². The molecule has 18 heavy (non-hydrogen) atoms. The number of hydrogen-bond donors (Lipinski definition) is 1. The lowest BCUT2D eigenvalue weighted by molar-refractivity contribution is -0.0542. The number of ether oxygens (including phenoxy) is 1. The number of rotatable bonds is 2. The number of aromatic nitrogens is 2. The number of morpholine rings is 1. The van der Waals surface area contributed by atoms with Gasteiger partial charge >= 0.3 is 0 Å². The molecule has 1 aromatic heterocycles. The maximum atomic E-state index is 11.5. The van der Waals surface area contributed by atoms with E-state index in [0.29, 0.717) is 17.6 Å². The first-order valence-corrected chi connectivity index (χ1v) is 6.81. The molecule has 0 aromatic carbocycles. The molecule has 0 spiro atoms. The van der Waals surface area contributed by atoms with Crippen LogP contribution in [0.4, 0.5) is 0 Å². The molecular weight excluding hydrogens is 254 g/mol. The highest BCUT2D eigenvalue weighted by Crippen LogP contribution is 2.28. The van der Waals surface area contributed by atoms with Gasteiger partial charge < -0.3 is 9.72 Å². The summed E-state index contributed by atoms with van der Waals surface area (Å²) in [5.74, 6) is 0.846. The predicted octanol–water partition coefficient (Wildman–Crippen LogP) is 1.04. The summed E-state index contributed by atoms with van der Waals surface area (Å²) in [7, 11) is 0. The van der Waals surface area contributed by atoms with Crippen molar-refractivity contribution >= 4 is 11.6 Å². The average Bonchev–Trinajstić information content (AvgIpc) is 2.85. The van der Waals surface area contributed by atoms with Crippen LogP contribution < -0.4 is 5.56 Å². The predicted molar refractivity (Wildman–Crippen MR) is 67.7 cm³/mol. The van der Waals surface area contributed by atoms with Gasteiger partial charge in [-0.1, -0.05) is 0 Å². The van der Waals surface area contributed by atoms with E-state index >= 15 is 0 Å². The van der Waals surface area contributed by atoms with E-state index in [9.17, 15) is 4.79 Å². The number of fused-ring (bicyclic) bond motifs is 1. The Labute approximate surface area is 110 Å². The van der Waals surface area contributed by atoms with Crippen LogP contribution in [-0.2, 0) is 10.6 Å². The Morgan fingerprint density at radius 3 is 3.33 bits per heavy atom. The van der Waals surface area contributed by atoms with Gasteiger partial charge in [0, 0.05) is 18.7 Å². The molecule has 2 saturated heterocycles. The summed E-state index contributed by atoms with van der Waals surface area (Å²) in [4.78, 5) is 21.0. The summed E-state index contributed by atoms with van der Waals surface area (Å²) in [5.41, 5.74) is 0.436. The van der Waals surface area contributed by atoms with Gasteiger partial charge in [0.05, 0.1) is 18.2 Å². The highest BCUT2D eigenvalue weighted by atomic mass is 35.5. The molecule has 0 amide bonds. The Bertz CT molecular complexity index is 490. The van der Waals surface area contributed by atoms with Crippen LogP contribution in [0.3, 0.4) is 0 Å². The van der Waals surface area contributed by atoms with Crippen LogP contribution in [0.1, 0.15) is 30.5 Å². The molecule has 6 heteroatoms. The first-order valence-electron chi connectivity index (χ1n) is 6.28. The molecule has 0 radical (unpaired) electrons. The lowest BCUT2D eigenvalue weighted by atomic mass is 10.2. The third-order valence-corrected chi connectivity index (χ3v) is 3.92. The minimum absolute atomic E-state index is 0.143. The van der Waals surface area contributed by atoms with Crippen molar-refractivity contribution in [2.24, 2.45) is 0 Å². The minimum atomic E-state index is -0.164. The number of alkyl halides is 1. The third kappa shape index (κ3) is 2.30. The van der Waals surface area contributed by atoms with Crippen LogP contribution >= 0.6 is 11.6 Å². The Morgan fingerprint density at radius 1 is 1.61 bits per heavy atom. The second-order valence-electron chi connectivity index (χ2n) is 4.87. The molecule has 0 aliphatic carbocycles. The molecule has 3 rings (SSSR count). The van der Waals surface area contributed by atoms with Gasteiger partial charge in [0.25, 0.3) is 5.56 Å². The highest BCUT2D eigenvalue weighted by Gasteiger charge is 2.33. The van der Waals surface area contributed by atoms with Gasteiger partial charge in [-0.2, -0.15) is 0 Å². The van der Waals surface area contributed by atoms with Crippen molar-refractivity contribution in [3.8, 4) is 0 Å². The summed E-state index contributed by atoms with van der Waals surface area (Å²) in [6.45, 7) is 2.64. The average molecular weight is 270 g/mol. The molecule has 2 aliphatic heterocycles. The number of nitrogens with zero attached hydrogens (tertiary/aromatic N) is 2. The molecule has 2 aliphatic rings. The quantitative estimate of drug-likeness (QED) is 0.816. The number of hydrogen-bond acceptors (Lipinski definition) is 4. The number of H-pyrrole nitrogens is 1. The van der Waals surface area contributed by atoms with Crippen molar-refractivity contribution < 1.29 is 4.74 Å². The standard InChI is InChI=1S/C12H16ClN3O2/c13-5-8-4-11(17)15-12(14-8)10-6-16-3-1-2-9(16)7-18-10/h4,9-10H,1-3,5-7H2,(H,14,15,17). The molecule has 2 fully saturated rings. The van der Waals surface area contributed by atoms with E-state index in [-0.39, 0.29) is 17.5 Å². The van der Waals surface area contributed by atoms with Crippen LogP contribution in [0.15, 0.2) is 10.9 Å². The van der Waals surface area contributed by atoms with Gasteiger partial charge in [-0.3, -0.25) is 9.69 Å². The SMILES string of the molecule is O=c1cc(CCl)nc(C2CN3CCCC3CO2)[nH]1. The van der Waals surface area contributed by atoms with Gasteiger partial charge in [0.2, 0.25) is 0 Å². The number of aromatic amines is 1. The lowest BCUT2D eigenvalue weighted by Gasteiger charge is -2.34. The van der Waals surface area contributed by atoms with Crippen molar-refractivity contribution in [3.05, 3.63) is 27.9 Å². The molecule has 1 N–H and O–H groups in total. The Balaban J connectivity index is 1.82. The normalized spacial score (nSPS) is 28.3. The van der Waals surface area contributed by atoms with Crippen LogP contribution in [0.2, 0.25) is 0 Å². The first kappa shape index (κ1) is 12.1. The van der Waals surface area contributed by atoms with Crippen molar-refractivity contribution in [2.45, 2.75) is 30.9 Å². The van der Waals surface area contributed by atoms with Crippen molar-refractivity contribution in [1.29, 1.82) is 0 Å². The van der Waals surface area contributed by atoms with Crippen LogP contribution in [0.25, 0.3) is 0 Å². The van der Waals surface area contributed by atoms with Crippen LogP contribution in [0, 0.1) is 0 Å². The molecule has 2 unspecified atom stereocenters. The molecule has 98 valence electrons. The van der Waals surface area contributed by atoms with E-state index in [1.54, 1.807) is 0 Å². The van der Waals surface area contributed by atoms with Crippen molar-refractivity contribution in [3.63, 3.8) is 0 Å². The molecular formula is C12H16ClN3O2. The Kier molecular flexibility index (Phi) is 3.37. The monoisotopic (exact) mass is 269 g/mol. The van der Waals surface area contributed by atoms with Crippen molar-refractivity contribution in [1.82, 2.24) is 14.9 Å². The zero-order chi connectivity index (χ0) is 12.5. The highest BCUT2D eigenvalue weighted by molar-refractivity contribution is 6.16. The molecule has 3 heterocycles. The summed E-state index contributed by atoms with van der Waals surface area (Å²) in [6, 6.07) is 1.97. The maximum absolute atomic E-state index is 11.5. The number of halogens is 1. The zero-order valence-electron chi connectivity index (χ0n) is 10.1. The topological polar surface area (TPSA) is 58.2 Å². The second kappa shape index (κ2) is 4.99. The van der Waals surface area contributed by atoms with Gasteiger partial charge in [-0.15, -0.1) is 11.6 Å². The molecule has 1 aromatic rings. The van der Waals surface area contributed by atoms with Crippen LogP contribution in [0.5, 0.6) is 0 Å². The smallest absolute Gasteiger partial charge is 0.251 e. The zero-order valence-corrected chi connectivity index (χ0v) is 10.8. The summed E-state index contributed by atoms with van der Waals surface area (Å²) < 4.78 is 5.82. The van der Waals surface area contributed by atoms with E-state index in [0.717, 1.165) is 19.7 Å². The minimum Gasteiger partial charge on any atom is -0.367 e. The van der Waals surface area contributed by atoms with E-state index in [1.165, 1.54) is 18.9 Å². The first-order chi connectivity index (χ1) is 8.76. The number of nitrogens with one attached hydrogen (secondary N) is 1. The van der Waals surface area contributed by atoms with E-state index in [4.69, 9.17) is 16.3 Å². The van der Waals surface area contributed by atoms with Gasteiger partial charge in [-0.05, 0) is 19.4 Å². The maximum Gasteiger partial charge on any atom is 0.251 e. The Morgan fingerprint density at radius 2 is 2.50 bits per heavy atom. The summed E-state index contributed by atoms with van der Waals surface area (Å²) in [6.07, 6.45) is 2.29. The molecule has 5 nitrogen and oxygen atoms in total. The molecule has 0 bridgehead atoms. The van der Waals surface area contributed by atoms with Gasteiger partial charge in [0.1, 0.15) is 11.9 Å². The third-order valence-electron chi connectivity index (χ3n) is 3.64. The second-order valence-corrected chi connectivity index (χ2v) is 5.14. The summed E-state index contributed by atoms with van der Waals surface area (Å²) in [5, 5.41) is 0. The molecule has 2 atom stereocenters. The fourth-order valence-corrected chi connectivity index (χ4v) is 2.87. The fraction of sp³-hybridized carbons (Fsp3) is 0.667.